The van der Waals surface area contributed by atoms with Crippen LogP contribution in [0.15, 0.2) is 18.2 Å². The first-order valence-corrected chi connectivity index (χ1v) is 5.94. The first-order chi connectivity index (χ1) is 8.80. The van der Waals surface area contributed by atoms with Gasteiger partial charge in [0.05, 0.1) is 12.8 Å². The van der Waals surface area contributed by atoms with Gasteiger partial charge in [-0.05, 0) is 47.2 Å². The van der Waals surface area contributed by atoms with Crippen LogP contribution >= 0.6 is 0 Å². The fourth-order valence-corrected chi connectivity index (χ4v) is 1.86. The van der Waals surface area contributed by atoms with Crippen molar-refractivity contribution in [2.45, 2.75) is 19.8 Å². The molecule has 1 aromatic heterocycles. The maximum absolute atomic E-state index is 5.54. The monoisotopic (exact) mass is 247 g/mol. The van der Waals surface area contributed by atoms with Crippen molar-refractivity contribution < 1.29 is 4.74 Å². The molecule has 1 heterocycles. The van der Waals surface area contributed by atoms with Crippen molar-refractivity contribution in [2.75, 3.05) is 13.7 Å². The van der Waals surface area contributed by atoms with Crippen molar-refractivity contribution in [3.63, 3.8) is 0 Å². The lowest BCUT2D eigenvalue weighted by Gasteiger charge is -2.09. The Balaban J connectivity index is 2.41. The lowest BCUT2D eigenvalue weighted by atomic mass is 10.1. The molecular formula is C12H17N5O. The largest absolute Gasteiger partial charge is 0.496 e. The topological polar surface area (TPSA) is 78.9 Å². The molecule has 0 aliphatic heterocycles. The number of hydrogen-bond donors (Lipinski definition) is 1. The Kier molecular flexibility index (Phi) is 3.88. The van der Waals surface area contributed by atoms with Gasteiger partial charge in [-0.3, -0.25) is 0 Å². The SMILES string of the molecule is CCc1cc(-n2nnnc2CCN)ccc1OC. The Morgan fingerprint density at radius 3 is 2.89 bits per heavy atom. The van der Waals surface area contributed by atoms with Gasteiger partial charge in [-0.1, -0.05) is 6.92 Å². The average molecular weight is 247 g/mol. The molecule has 0 atom stereocenters. The van der Waals surface area contributed by atoms with E-state index in [4.69, 9.17) is 10.5 Å². The van der Waals surface area contributed by atoms with Gasteiger partial charge < -0.3 is 10.5 Å². The van der Waals surface area contributed by atoms with E-state index in [1.54, 1.807) is 11.8 Å². The van der Waals surface area contributed by atoms with Crippen LogP contribution in [0.3, 0.4) is 0 Å². The third-order valence-electron chi connectivity index (χ3n) is 2.79. The number of nitrogens with zero attached hydrogens (tertiary/aromatic N) is 4. The standard InChI is InChI=1S/C12H17N5O/c1-3-9-8-10(4-5-11(9)18-2)17-12(6-7-13)14-15-16-17/h4-5,8H,3,6-7,13H2,1-2H3. The molecule has 2 N–H and O–H groups in total. The van der Waals surface area contributed by atoms with Crippen LogP contribution in [0.2, 0.25) is 0 Å². The van der Waals surface area contributed by atoms with Crippen molar-refractivity contribution in [3.8, 4) is 11.4 Å². The van der Waals surface area contributed by atoms with Crippen LogP contribution < -0.4 is 10.5 Å². The zero-order valence-corrected chi connectivity index (χ0v) is 10.6. The van der Waals surface area contributed by atoms with E-state index in [1.807, 2.05) is 18.2 Å². The highest BCUT2D eigenvalue weighted by Gasteiger charge is 2.09. The Morgan fingerprint density at radius 2 is 2.22 bits per heavy atom. The number of rotatable bonds is 5. The molecule has 6 nitrogen and oxygen atoms in total. The van der Waals surface area contributed by atoms with Crippen LogP contribution in [0.5, 0.6) is 5.75 Å². The van der Waals surface area contributed by atoms with Gasteiger partial charge in [0.1, 0.15) is 5.75 Å². The molecule has 1 aromatic carbocycles. The molecule has 2 aromatic rings. The summed E-state index contributed by atoms with van der Waals surface area (Å²) in [5.74, 6) is 1.65. The zero-order chi connectivity index (χ0) is 13.0. The van der Waals surface area contributed by atoms with Crippen molar-refractivity contribution in [1.82, 2.24) is 20.2 Å². The molecule has 0 saturated heterocycles. The van der Waals surface area contributed by atoms with E-state index in [2.05, 4.69) is 22.4 Å². The fraction of sp³-hybridized carbons (Fsp3) is 0.417. The smallest absolute Gasteiger partial charge is 0.157 e. The molecule has 2 rings (SSSR count). The predicted molar refractivity (Wildman–Crippen MR) is 67.8 cm³/mol. The molecule has 0 unspecified atom stereocenters. The number of benzene rings is 1. The van der Waals surface area contributed by atoms with Crippen LogP contribution in [0.25, 0.3) is 5.69 Å². The summed E-state index contributed by atoms with van der Waals surface area (Å²) in [7, 11) is 1.67. The minimum Gasteiger partial charge on any atom is -0.496 e. The van der Waals surface area contributed by atoms with Crippen LogP contribution in [-0.4, -0.2) is 33.9 Å². The molecule has 0 spiro atoms. The van der Waals surface area contributed by atoms with Crippen LogP contribution in [-0.2, 0) is 12.8 Å². The highest BCUT2D eigenvalue weighted by atomic mass is 16.5. The summed E-state index contributed by atoms with van der Waals surface area (Å²) in [6.07, 6.45) is 1.55. The number of ether oxygens (including phenoxy) is 1. The van der Waals surface area contributed by atoms with Crippen molar-refractivity contribution in [2.24, 2.45) is 5.73 Å². The lowest BCUT2D eigenvalue weighted by molar-refractivity contribution is 0.410. The molecule has 0 bridgehead atoms. The van der Waals surface area contributed by atoms with Crippen molar-refractivity contribution in [3.05, 3.63) is 29.6 Å². The van der Waals surface area contributed by atoms with Crippen LogP contribution in [0, 0.1) is 0 Å². The van der Waals surface area contributed by atoms with E-state index in [-0.39, 0.29) is 0 Å². The predicted octanol–water partition coefficient (Wildman–Crippen LogP) is 0.734. The van der Waals surface area contributed by atoms with Gasteiger partial charge in [-0.15, -0.1) is 5.10 Å². The molecule has 6 heteroatoms. The second-order valence-corrected chi connectivity index (χ2v) is 3.90. The summed E-state index contributed by atoms with van der Waals surface area (Å²) < 4.78 is 7.02. The summed E-state index contributed by atoms with van der Waals surface area (Å²) in [5.41, 5.74) is 7.60. The maximum Gasteiger partial charge on any atom is 0.157 e. The average Bonchev–Trinajstić information content (AvgIpc) is 2.86. The van der Waals surface area contributed by atoms with Gasteiger partial charge in [0.15, 0.2) is 5.82 Å². The molecule has 96 valence electrons. The van der Waals surface area contributed by atoms with Gasteiger partial charge in [-0.25, -0.2) is 0 Å². The lowest BCUT2D eigenvalue weighted by Crippen LogP contribution is -2.10. The van der Waals surface area contributed by atoms with Crippen LogP contribution in [0.1, 0.15) is 18.3 Å². The van der Waals surface area contributed by atoms with Gasteiger partial charge in [0, 0.05) is 6.42 Å². The van der Waals surface area contributed by atoms with Crippen molar-refractivity contribution in [1.29, 1.82) is 0 Å². The third-order valence-corrected chi connectivity index (χ3v) is 2.79. The second kappa shape index (κ2) is 5.59. The highest BCUT2D eigenvalue weighted by Crippen LogP contribution is 2.22. The normalized spacial score (nSPS) is 10.6. The van der Waals surface area contributed by atoms with Gasteiger partial charge in [0.2, 0.25) is 0 Å². The summed E-state index contributed by atoms with van der Waals surface area (Å²) in [4.78, 5) is 0. The van der Waals surface area contributed by atoms with E-state index in [0.29, 0.717) is 13.0 Å². The summed E-state index contributed by atoms with van der Waals surface area (Å²) in [6.45, 7) is 2.61. The quantitative estimate of drug-likeness (QED) is 0.842. The Morgan fingerprint density at radius 1 is 1.39 bits per heavy atom. The molecule has 0 fully saturated rings. The van der Waals surface area contributed by atoms with Gasteiger partial charge in [0.25, 0.3) is 0 Å². The first kappa shape index (κ1) is 12.5. The van der Waals surface area contributed by atoms with E-state index in [0.717, 1.165) is 29.2 Å². The third kappa shape index (κ3) is 2.33. The number of methoxy groups -OCH3 is 1. The number of nitrogens with two attached hydrogens (primary N) is 1. The molecule has 0 aliphatic carbocycles. The minimum atomic E-state index is 0.525. The molecular weight excluding hydrogens is 230 g/mol. The highest BCUT2D eigenvalue weighted by molar-refractivity contribution is 5.44. The zero-order valence-electron chi connectivity index (χ0n) is 10.6. The number of hydrogen-bond acceptors (Lipinski definition) is 5. The Bertz CT molecular complexity index is 523. The number of aryl methyl sites for hydroxylation is 1. The van der Waals surface area contributed by atoms with E-state index < -0.39 is 0 Å². The number of aromatic nitrogens is 4. The Labute approximate surface area is 106 Å². The maximum atomic E-state index is 5.54. The summed E-state index contributed by atoms with van der Waals surface area (Å²) in [6, 6.07) is 5.91. The molecule has 0 aliphatic rings. The van der Waals surface area contributed by atoms with Crippen molar-refractivity contribution >= 4 is 0 Å². The van der Waals surface area contributed by atoms with E-state index >= 15 is 0 Å². The fourth-order valence-electron chi connectivity index (χ4n) is 1.86. The molecule has 0 radical (unpaired) electrons. The number of tetrazole rings is 1. The second-order valence-electron chi connectivity index (χ2n) is 3.90. The molecule has 18 heavy (non-hydrogen) atoms. The van der Waals surface area contributed by atoms with Gasteiger partial charge >= 0.3 is 0 Å². The summed E-state index contributed by atoms with van der Waals surface area (Å²) in [5, 5.41) is 11.7. The van der Waals surface area contributed by atoms with E-state index in [1.165, 1.54) is 0 Å². The van der Waals surface area contributed by atoms with E-state index in [9.17, 15) is 0 Å². The van der Waals surface area contributed by atoms with Gasteiger partial charge in [-0.2, -0.15) is 4.68 Å². The minimum absolute atomic E-state index is 0.525. The molecule has 0 amide bonds. The Hall–Kier alpha value is -1.95. The first-order valence-electron chi connectivity index (χ1n) is 5.94. The summed E-state index contributed by atoms with van der Waals surface area (Å²) >= 11 is 0. The molecule has 0 saturated carbocycles. The van der Waals surface area contributed by atoms with Crippen LogP contribution in [0.4, 0.5) is 0 Å².